The number of fused-ring (bicyclic) bond motifs is 1. The highest BCUT2D eigenvalue weighted by atomic mass is 19.1. The molecule has 0 unspecified atom stereocenters. The Balaban J connectivity index is 2.09. The van der Waals surface area contributed by atoms with Gasteiger partial charge in [0.15, 0.2) is 0 Å². The Hall–Kier alpha value is -2.86. The molecule has 0 heterocycles. The second kappa shape index (κ2) is 5.26. The number of nitrogens with zero attached hydrogens (tertiary/aromatic N) is 1. The molecule has 3 heteroatoms. The molecule has 2 nitrogen and oxygen atoms in total. The average molecular weight is 276 g/mol. The van der Waals surface area contributed by atoms with E-state index in [1.54, 1.807) is 19.1 Å². The van der Waals surface area contributed by atoms with Crippen molar-refractivity contribution in [3.63, 3.8) is 0 Å². The van der Waals surface area contributed by atoms with E-state index in [4.69, 9.17) is 5.26 Å². The summed E-state index contributed by atoms with van der Waals surface area (Å²) in [6.07, 6.45) is 0. The first-order valence-corrected chi connectivity index (χ1v) is 6.64. The maximum atomic E-state index is 13.6. The van der Waals surface area contributed by atoms with Crippen molar-refractivity contribution >= 4 is 22.1 Å². The maximum absolute atomic E-state index is 13.6. The average Bonchev–Trinajstić information content (AvgIpc) is 2.51. The molecule has 0 spiro atoms. The zero-order chi connectivity index (χ0) is 14.8. The number of hydrogen-bond donors (Lipinski definition) is 1. The number of hydrogen-bond acceptors (Lipinski definition) is 2. The van der Waals surface area contributed by atoms with Crippen LogP contribution in [0.25, 0.3) is 10.8 Å². The zero-order valence-electron chi connectivity index (χ0n) is 11.5. The lowest BCUT2D eigenvalue weighted by atomic mass is 10.0. The van der Waals surface area contributed by atoms with Crippen LogP contribution in [-0.4, -0.2) is 0 Å². The van der Waals surface area contributed by atoms with Crippen molar-refractivity contribution in [2.75, 3.05) is 5.32 Å². The van der Waals surface area contributed by atoms with Crippen LogP contribution < -0.4 is 5.32 Å². The van der Waals surface area contributed by atoms with Crippen molar-refractivity contribution in [1.82, 2.24) is 0 Å². The van der Waals surface area contributed by atoms with Crippen molar-refractivity contribution in [2.45, 2.75) is 6.92 Å². The molecule has 1 N–H and O–H groups in total. The normalized spacial score (nSPS) is 10.3. The van der Waals surface area contributed by atoms with Gasteiger partial charge in [-0.25, -0.2) is 4.39 Å². The monoisotopic (exact) mass is 276 g/mol. The fourth-order valence-corrected chi connectivity index (χ4v) is 2.33. The van der Waals surface area contributed by atoms with Crippen molar-refractivity contribution < 1.29 is 4.39 Å². The van der Waals surface area contributed by atoms with Gasteiger partial charge in [-0.15, -0.1) is 0 Å². The molecule has 0 aromatic heterocycles. The molecule has 21 heavy (non-hydrogen) atoms. The first-order chi connectivity index (χ1) is 10.2. The zero-order valence-corrected chi connectivity index (χ0v) is 11.5. The van der Waals surface area contributed by atoms with Gasteiger partial charge in [-0.1, -0.05) is 30.3 Å². The minimum atomic E-state index is -0.238. The number of rotatable bonds is 2. The minimum absolute atomic E-state index is 0.238. The van der Waals surface area contributed by atoms with Crippen molar-refractivity contribution in [3.05, 3.63) is 71.5 Å². The van der Waals surface area contributed by atoms with Crippen LogP contribution in [0.2, 0.25) is 0 Å². The molecule has 0 saturated carbocycles. The molecular weight excluding hydrogens is 263 g/mol. The van der Waals surface area contributed by atoms with Gasteiger partial charge in [-0.3, -0.25) is 0 Å². The summed E-state index contributed by atoms with van der Waals surface area (Å²) in [6.45, 7) is 1.73. The molecule has 0 saturated heterocycles. The highest BCUT2D eigenvalue weighted by molar-refractivity contribution is 5.98. The smallest absolute Gasteiger partial charge is 0.128 e. The fourth-order valence-electron chi connectivity index (χ4n) is 2.33. The van der Waals surface area contributed by atoms with Crippen LogP contribution in [0.15, 0.2) is 54.6 Å². The minimum Gasteiger partial charge on any atom is -0.355 e. The number of halogens is 1. The molecule has 0 bridgehead atoms. The summed E-state index contributed by atoms with van der Waals surface area (Å²) in [4.78, 5) is 0. The van der Waals surface area contributed by atoms with E-state index in [-0.39, 0.29) is 5.82 Å². The first-order valence-electron chi connectivity index (χ1n) is 6.64. The Labute approximate surface area is 122 Å². The summed E-state index contributed by atoms with van der Waals surface area (Å²) in [5, 5.41) is 14.2. The molecule has 3 aromatic rings. The van der Waals surface area contributed by atoms with Gasteiger partial charge in [0.05, 0.1) is 11.6 Å². The highest BCUT2D eigenvalue weighted by Crippen LogP contribution is 2.29. The molecule has 0 amide bonds. The van der Waals surface area contributed by atoms with E-state index in [1.807, 2.05) is 36.4 Å². The summed E-state index contributed by atoms with van der Waals surface area (Å²) in [6, 6.07) is 18.5. The van der Waals surface area contributed by atoms with Crippen molar-refractivity contribution in [1.29, 1.82) is 5.26 Å². The van der Waals surface area contributed by atoms with Crippen LogP contribution >= 0.6 is 0 Å². The predicted molar refractivity (Wildman–Crippen MR) is 83.1 cm³/mol. The fraction of sp³-hybridized carbons (Fsp3) is 0.0556. The molecule has 0 atom stereocenters. The Morgan fingerprint density at radius 3 is 2.48 bits per heavy atom. The second-order valence-electron chi connectivity index (χ2n) is 4.91. The Morgan fingerprint density at radius 1 is 1.00 bits per heavy atom. The van der Waals surface area contributed by atoms with Crippen LogP contribution in [0.5, 0.6) is 0 Å². The van der Waals surface area contributed by atoms with Crippen molar-refractivity contribution in [3.8, 4) is 6.07 Å². The lowest BCUT2D eigenvalue weighted by molar-refractivity contribution is 0.619. The van der Waals surface area contributed by atoms with Gasteiger partial charge >= 0.3 is 0 Å². The van der Waals surface area contributed by atoms with Gasteiger partial charge in [-0.05, 0) is 36.8 Å². The van der Waals surface area contributed by atoms with Crippen molar-refractivity contribution in [2.24, 2.45) is 0 Å². The summed E-state index contributed by atoms with van der Waals surface area (Å²) in [5.74, 6) is -0.238. The second-order valence-corrected chi connectivity index (χ2v) is 4.91. The SMILES string of the molecule is Cc1ccc(Nc2ccc(C#N)c3ccccc23)cc1F. The highest BCUT2D eigenvalue weighted by Gasteiger charge is 2.06. The first kappa shape index (κ1) is 13.1. The Morgan fingerprint density at radius 2 is 1.76 bits per heavy atom. The number of benzene rings is 3. The van der Waals surface area contributed by atoms with Gasteiger partial charge in [0.25, 0.3) is 0 Å². The van der Waals surface area contributed by atoms with Crippen LogP contribution in [0.1, 0.15) is 11.1 Å². The largest absolute Gasteiger partial charge is 0.355 e. The number of nitriles is 1. The van der Waals surface area contributed by atoms with Crippen LogP contribution in [-0.2, 0) is 0 Å². The molecule has 0 aliphatic heterocycles. The van der Waals surface area contributed by atoms with E-state index in [0.29, 0.717) is 16.8 Å². The number of aryl methyl sites for hydroxylation is 1. The standard InChI is InChI=1S/C18H13FN2/c1-12-6-8-14(10-17(12)19)21-18-9-7-13(11-20)15-4-2-3-5-16(15)18/h2-10,21H,1H3. The van der Waals surface area contributed by atoms with Gasteiger partial charge in [-0.2, -0.15) is 5.26 Å². The van der Waals surface area contributed by atoms with E-state index in [0.717, 1.165) is 16.5 Å². The topological polar surface area (TPSA) is 35.8 Å². The van der Waals surface area contributed by atoms with Gasteiger partial charge in [0.2, 0.25) is 0 Å². The molecule has 0 aliphatic rings. The van der Waals surface area contributed by atoms with Gasteiger partial charge < -0.3 is 5.32 Å². The molecule has 0 aliphatic carbocycles. The van der Waals surface area contributed by atoms with Gasteiger partial charge in [0, 0.05) is 22.1 Å². The maximum Gasteiger partial charge on any atom is 0.128 e. The third kappa shape index (κ3) is 2.44. The quantitative estimate of drug-likeness (QED) is 0.722. The predicted octanol–water partition coefficient (Wildman–Crippen LogP) is 4.90. The summed E-state index contributed by atoms with van der Waals surface area (Å²) >= 11 is 0. The molecule has 3 rings (SSSR count). The number of nitrogens with one attached hydrogen (secondary N) is 1. The van der Waals surface area contributed by atoms with E-state index >= 15 is 0 Å². The van der Waals surface area contributed by atoms with Crippen LogP contribution in [0, 0.1) is 24.1 Å². The molecule has 102 valence electrons. The van der Waals surface area contributed by atoms with E-state index in [2.05, 4.69) is 11.4 Å². The van der Waals surface area contributed by atoms with E-state index < -0.39 is 0 Å². The Bertz CT molecular complexity index is 863. The van der Waals surface area contributed by atoms with Crippen LogP contribution in [0.4, 0.5) is 15.8 Å². The van der Waals surface area contributed by atoms with Crippen LogP contribution in [0.3, 0.4) is 0 Å². The number of anilines is 2. The van der Waals surface area contributed by atoms with E-state index in [1.165, 1.54) is 6.07 Å². The summed E-state index contributed by atoms with van der Waals surface area (Å²) in [5.41, 5.74) is 2.79. The lowest BCUT2D eigenvalue weighted by Crippen LogP contribution is -1.94. The molecular formula is C18H13FN2. The molecule has 3 aromatic carbocycles. The van der Waals surface area contributed by atoms with E-state index in [9.17, 15) is 4.39 Å². The third-order valence-electron chi connectivity index (χ3n) is 3.50. The third-order valence-corrected chi connectivity index (χ3v) is 3.50. The summed E-state index contributed by atoms with van der Waals surface area (Å²) in [7, 11) is 0. The Kier molecular flexibility index (Phi) is 3.29. The molecule has 0 radical (unpaired) electrons. The van der Waals surface area contributed by atoms with Gasteiger partial charge in [0.1, 0.15) is 5.82 Å². The molecule has 0 fully saturated rings. The lowest BCUT2D eigenvalue weighted by Gasteiger charge is -2.11. The summed E-state index contributed by atoms with van der Waals surface area (Å²) < 4.78 is 13.6.